The molecule has 0 fully saturated rings. The van der Waals surface area contributed by atoms with Gasteiger partial charge < -0.3 is 9.84 Å². The maximum absolute atomic E-state index is 9.82. The summed E-state index contributed by atoms with van der Waals surface area (Å²) in [5, 5.41) is 10.8. The highest BCUT2D eigenvalue weighted by molar-refractivity contribution is 6.35. The molecule has 0 aliphatic carbocycles. The lowest BCUT2D eigenvalue weighted by Crippen LogP contribution is -1.98. The summed E-state index contributed by atoms with van der Waals surface area (Å²) in [5.74, 6) is 0.532. The Labute approximate surface area is 92.4 Å². The van der Waals surface area contributed by atoms with Crippen LogP contribution in [0.25, 0.3) is 0 Å². The maximum Gasteiger partial charge on any atom is 0.145 e. The second-order valence-electron chi connectivity index (χ2n) is 3.28. The molecule has 1 heterocycles. The molecule has 1 N–H and O–H groups in total. The third-order valence-corrected chi connectivity index (χ3v) is 2.92. The van der Waals surface area contributed by atoms with Gasteiger partial charge in [-0.05, 0) is 25.0 Å². The van der Waals surface area contributed by atoms with E-state index >= 15 is 0 Å². The molecule has 0 spiro atoms. The minimum absolute atomic E-state index is 0.505. The van der Waals surface area contributed by atoms with E-state index in [1.807, 2.05) is 0 Å². The van der Waals surface area contributed by atoms with Crippen molar-refractivity contribution in [1.29, 1.82) is 0 Å². The number of aliphatic hydroxyl groups excluding tert-OH is 1. The topological polar surface area (TPSA) is 29.5 Å². The molecule has 0 radical (unpaired) electrons. The largest absolute Gasteiger partial charge is 0.492 e. The van der Waals surface area contributed by atoms with Crippen molar-refractivity contribution < 1.29 is 9.84 Å². The van der Waals surface area contributed by atoms with Crippen LogP contribution in [0.3, 0.4) is 0 Å². The highest BCUT2D eigenvalue weighted by Crippen LogP contribution is 2.41. The van der Waals surface area contributed by atoms with Gasteiger partial charge in [-0.3, -0.25) is 0 Å². The van der Waals surface area contributed by atoms with Crippen molar-refractivity contribution in [2.24, 2.45) is 0 Å². The van der Waals surface area contributed by atoms with Crippen LogP contribution in [0.1, 0.15) is 24.5 Å². The van der Waals surface area contributed by atoms with Crippen molar-refractivity contribution in [3.05, 3.63) is 27.7 Å². The Balaban J connectivity index is 2.57. The van der Waals surface area contributed by atoms with E-state index in [9.17, 15) is 5.11 Å². The van der Waals surface area contributed by atoms with Crippen LogP contribution in [0.4, 0.5) is 0 Å². The van der Waals surface area contributed by atoms with Gasteiger partial charge in [-0.15, -0.1) is 0 Å². The number of hydrogen-bond acceptors (Lipinski definition) is 2. The smallest absolute Gasteiger partial charge is 0.145 e. The molecule has 0 saturated heterocycles. The Hall–Kier alpha value is -0.440. The lowest BCUT2D eigenvalue weighted by molar-refractivity contribution is 0.167. The second-order valence-corrected chi connectivity index (χ2v) is 4.09. The quantitative estimate of drug-likeness (QED) is 0.745. The van der Waals surface area contributed by atoms with Crippen molar-refractivity contribution in [1.82, 2.24) is 0 Å². The zero-order valence-electron chi connectivity index (χ0n) is 7.46. The van der Waals surface area contributed by atoms with Crippen LogP contribution in [0.2, 0.25) is 10.0 Å². The van der Waals surface area contributed by atoms with Gasteiger partial charge in [-0.1, -0.05) is 23.2 Å². The normalized spacial score (nSPS) is 20.9. The third kappa shape index (κ3) is 1.70. The predicted molar refractivity (Wildman–Crippen MR) is 56.2 cm³/mol. The van der Waals surface area contributed by atoms with E-state index in [0.717, 1.165) is 6.42 Å². The lowest BCUT2D eigenvalue weighted by atomic mass is 10.1. The van der Waals surface area contributed by atoms with Gasteiger partial charge in [-0.25, -0.2) is 0 Å². The molecule has 76 valence electrons. The van der Waals surface area contributed by atoms with Gasteiger partial charge in [0.1, 0.15) is 5.75 Å². The fourth-order valence-corrected chi connectivity index (χ4v) is 2.10. The Morgan fingerprint density at radius 3 is 2.79 bits per heavy atom. The van der Waals surface area contributed by atoms with Crippen molar-refractivity contribution in [2.75, 3.05) is 6.61 Å². The molecule has 1 atom stereocenters. The van der Waals surface area contributed by atoms with Crippen LogP contribution in [0.15, 0.2) is 12.1 Å². The van der Waals surface area contributed by atoms with Gasteiger partial charge in [0, 0.05) is 5.56 Å². The minimum atomic E-state index is -0.571. The molecule has 0 saturated carbocycles. The molecule has 2 rings (SSSR count). The number of aliphatic hydroxyl groups is 1. The van der Waals surface area contributed by atoms with Crippen molar-refractivity contribution in [3.63, 3.8) is 0 Å². The molecule has 0 bridgehead atoms. The minimum Gasteiger partial charge on any atom is -0.492 e. The fourth-order valence-electron chi connectivity index (χ4n) is 1.60. The first-order chi connectivity index (χ1) is 6.70. The molecule has 1 aromatic carbocycles. The molecular weight excluding hydrogens is 223 g/mol. The summed E-state index contributed by atoms with van der Waals surface area (Å²) in [6.07, 6.45) is 0.897. The molecule has 1 aliphatic heterocycles. The summed E-state index contributed by atoms with van der Waals surface area (Å²) in [7, 11) is 0. The number of benzene rings is 1. The van der Waals surface area contributed by atoms with Crippen LogP contribution < -0.4 is 4.74 Å². The van der Waals surface area contributed by atoms with E-state index in [1.54, 1.807) is 12.1 Å². The SMILES string of the molecule is O[C@@H]1CCCOc2c(Cl)ccc(Cl)c21. The van der Waals surface area contributed by atoms with Gasteiger partial charge in [0.2, 0.25) is 0 Å². The molecule has 0 aromatic heterocycles. The monoisotopic (exact) mass is 232 g/mol. The van der Waals surface area contributed by atoms with E-state index in [1.165, 1.54) is 0 Å². The summed E-state index contributed by atoms with van der Waals surface area (Å²) in [6.45, 7) is 0.574. The lowest BCUT2D eigenvalue weighted by Gasteiger charge is -2.13. The maximum atomic E-state index is 9.82. The van der Waals surface area contributed by atoms with Crippen molar-refractivity contribution in [3.8, 4) is 5.75 Å². The van der Waals surface area contributed by atoms with Crippen LogP contribution in [-0.2, 0) is 0 Å². The summed E-state index contributed by atoms with van der Waals surface area (Å²) >= 11 is 11.9. The standard InChI is InChI=1S/C10H10Cl2O2/c11-6-3-4-7(12)10-9(6)8(13)2-1-5-14-10/h3-4,8,13H,1-2,5H2/t8-/m1/s1. The molecular formula is C10H10Cl2O2. The molecule has 4 heteroatoms. The zero-order valence-corrected chi connectivity index (χ0v) is 8.98. The Morgan fingerprint density at radius 1 is 1.29 bits per heavy atom. The zero-order chi connectivity index (χ0) is 10.1. The summed E-state index contributed by atoms with van der Waals surface area (Å²) in [6, 6.07) is 3.36. The summed E-state index contributed by atoms with van der Waals surface area (Å²) in [5.41, 5.74) is 0.622. The first-order valence-corrected chi connectivity index (χ1v) is 5.24. The molecule has 1 aliphatic rings. The van der Waals surface area contributed by atoms with Crippen LogP contribution >= 0.6 is 23.2 Å². The molecule has 14 heavy (non-hydrogen) atoms. The van der Waals surface area contributed by atoms with Crippen molar-refractivity contribution >= 4 is 23.2 Å². The van der Waals surface area contributed by atoms with E-state index in [0.29, 0.717) is 34.4 Å². The third-order valence-electron chi connectivity index (χ3n) is 2.30. The van der Waals surface area contributed by atoms with Crippen LogP contribution in [-0.4, -0.2) is 11.7 Å². The summed E-state index contributed by atoms with van der Waals surface area (Å²) in [4.78, 5) is 0. The molecule has 0 unspecified atom stereocenters. The van der Waals surface area contributed by atoms with Crippen LogP contribution in [0, 0.1) is 0 Å². The van der Waals surface area contributed by atoms with Gasteiger partial charge >= 0.3 is 0 Å². The van der Waals surface area contributed by atoms with E-state index in [4.69, 9.17) is 27.9 Å². The highest BCUT2D eigenvalue weighted by atomic mass is 35.5. The van der Waals surface area contributed by atoms with Gasteiger partial charge in [0.05, 0.1) is 22.8 Å². The first-order valence-electron chi connectivity index (χ1n) is 4.49. The molecule has 2 nitrogen and oxygen atoms in total. The Morgan fingerprint density at radius 2 is 2.00 bits per heavy atom. The van der Waals surface area contributed by atoms with Gasteiger partial charge in [0.15, 0.2) is 0 Å². The summed E-state index contributed by atoms with van der Waals surface area (Å²) < 4.78 is 5.45. The Kier molecular flexibility index (Phi) is 2.86. The fraction of sp³-hybridized carbons (Fsp3) is 0.400. The number of ether oxygens (including phenoxy) is 1. The Bertz CT molecular complexity index is 352. The average molecular weight is 233 g/mol. The van der Waals surface area contributed by atoms with Crippen molar-refractivity contribution in [2.45, 2.75) is 18.9 Å². The van der Waals surface area contributed by atoms with E-state index in [-0.39, 0.29) is 0 Å². The molecule has 0 amide bonds. The molecule has 1 aromatic rings. The predicted octanol–water partition coefficient (Wildman–Crippen LogP) is 3.20. The number of rotatable bonds is 0. The van der Waals surface area contributed by atoms with Gasteiger partial charge in [0.25, 0.3) is 0 Å². The highest BCUT2D eigenvalue weighted by Gasteiger charge is 2.22. The number of fused-ring (bicyclic) bond motifs is 1. The average Bonchev–Trinajstić information content (AvgIpc) is 2.35. The number of halogens is 2. The first kappa shape index (κ1) is 10.1. The second kappa shape index (κ2) is 3.97. The van der Waals surface area contributed by atoms with E-state index in [2.05, 4.69) is 0 Å². The number of hydrogen-bond donors (Lipinski definition) is 1. The van der Waals surface area contributed by atoms with Gasteiger partial charge in [-0.2, -0.15) is 0 Å². The van der Waals surface area contributed by atoms with Crippen LogP contribution in [0.5, 0.6) is 5.75 Å². The van der Waals surface area contributed by atoms with E-state index < -0.39 is 6.10 Å².